The van der Waals surface area contributed by atoms with Crippen molar-refractivity contribution in [2.24, 2.45) is 0 Å². The van der Waals surface area contributed by atoms with Gasteiger partial charge in [0.25, 0.3) is 0 Å². The van der Waals surface area contributed by atoms with E-state index in [0.717, 1.165) is 13.1 Å². The number of hydrogen-bond donors (Lipinski definition) is 0. The van der Waals surface area contributed by atoms with E-state index in [1.165, 1.54) is 0 Å². The third-order valence-corrected chi connectivity index (χ3v) is 3.02. The van der Waals surface area contributed by atoms with Gasteiger partial charge in [-0.25, -0.2) is 4.39 Å². The molecular formula is C10H12BrClFN. The van der Waals surface area contributed by atoms with Crippen LogP contribution in [0, 0.1) is 5.82 Å². The van der Waals surface area contributed by atoms with Gasteiger partial charge in [-0.15, -0.1) is 0 Å². The first-order valence-corrected chi connectivity index (χ1v) is 5.67. The Morgan fingerprint density at radius 3 is 2.43 bits per heavy atom. The molecule has 0 aliphatic carbocycles. The zero-order valence-electron chi connectivity index (χ0n) is 8.15. The van der Waals surface area contributed by atoms with E-state index < -0.39 is 0 Å². The summed E-state index contributed by atoms with van der Waals surface area (Å²) in [5.74, 6) is -0.291. The summed E-state index contributed by atoms with van der Waals surface area (Å²) in [4.78, 5) is 1.89. The number of halogens is 3. The molecule has 0 bridgehead atoms. The molecule has 0 unspecified atom stereocenters. The molecular weight excluding hydrogens is 268 g/mol. The quantitative estimate of drug-likeness (QED) is 0.754. The van der Waals surface area contributed by atoms with Gasteiger partial charge in [-0.2, -0.15) is 0 Å². The van der Waals surface area contributed by atoms with Crippen LogP contribution in [0.15, 0.2) is 16.6 Å². The van der Waals surface area contributed by atoms with Crippen molar-refractivity contribution < 1.29 is 4.39 Å². The lowest BCUT2D eigenvalue weighted by Crippen LogP contribution is -2.23. The summed E-state index contributed by atoms with van der Waals surface area (Å²) in [6.45, 7) is 5.42. The molecule has 78 valence electrons. The van der Waals surface area contributed by atoms with Crippen LogP contribution in [0.3, 0.4) is 0 Å². The number of rotatable bonds is 3. The molecule has 0 aliphatic rings. The molecule has 0 fully saturated rings. The number of benzene rings is 1. The molecule has 1 aromatic rings. The maximum atomic E-state index is 13.7. The van der Waals surface area contributed by atoms with E-state index in [1.807, 2.05) is 18.7 Å². The van der Waals surface area contributed by atoms with Gasteiger partial charge in [0.15, 0.2) is 5.82 Å². The van der Waals surface area contributed by atoms with Gasteiger partial charge in [0.1, 0.15) is 0 Å². The summed E-state index contributed by atoms with van der Waals surface area (Å²) >= 11 is 9.10. The predicted molar refractivity (Wildman–Crippen MR) is 62.7 cm³/mol. The first kappa shape index (κ1) is 11.8. The monoisotopic (exact) mass is 279 g/mol. The zero-order chi connectivity index (χ0) is 10.7. The van der Waals surface area contributed by atoms with Crippen LogP contribution in [0.2, 0.25) is 5.02 Å². The molecule has 0 atom stereocenters. The lowest BCUT2D eigenvalue weighted by atomic mass is 10.2. The summed E-state index contributed by atoms with van der Waals surface area (Å²) in [7, 11) is 0. The Labute approximate surface area is 97.0 Å². The SMILES string of the molecule is CCN(CC)c1c(Cl)ccc(Br)c1F. The fourth-order valence-corrected chi connectivity index (χ4v) is 1.93. The predicted octanol–water partition coefficient (Wildman–Crippen LogP) is 4.09. The Kier molecular flexibility index (Phi) is 4.20. The summed E-state index contributed by atoms with van der Waals surface area (Å²) in [6, 6.07) is 3.31. The van der Waals surface area contributed by atoms with Gasteiger partial charge in [-0.1, -0.05) is 11.6 Å². The van der Waals surface area contributed by atoms with Crippen LogP contribution in [0.1, 0.15) is 13.8 Å². The minimum atomic E-state index is -0.291. The molecule has 1 aromatic carbocycles. The zero-order valence-corrected chi connectivity index (χ0v) is 10.5. The molecule has 0 saturated carbocycles. The van der Waals surface area contributed by atoms with Crippen LogP contribution in [0.25, 0.3) is 0 Å². The summed E-state index contributed by atoms with van der Waals surface area (Å²) in [6.07, 6.45) is 0. The van der Waals surface area contributed by atoms with Crippen molar-refractivity contribution in [3.05, 3.63) is 27.4 Å². The molecule has 0 saturated heterocycles. The van der Waals surface area contributed by atoms with Crippen LogP contribution in [-0.2, 0) is 0 Å². The van der Waals surface area contributed by atoms with Crippen molar-refractivity contribution in [2.45, 2.75) is 13.8 Å². The first-order valence-electron chi connectivity index (χ1n) is 4.50. The average molecular weight is 281 g/mol. The van der Waals surface area contributed by atoms with Crippen LogP contribution in [0.5, 0.6) is 0 Å². The van der Waals surface area contributed by atoms with E-state index in [9.17, 15) is 4.39 Å². The van der Waals surface area contributed by atoms with Gasteiger partial charge in [0, 0.05) is 13.1 Å². The van der Waals surface area contributed by atoms with Crippen molar-refractivity contribution >= 4 is 33.2 Å². The number of anilines is 1. The van der Waals surface area contributed by atoms with E-state index >= 15 is 0 Å². The smallest absolute Gasteiger partial charge is 0.162 e. The highest BCUT2D eigenvalue weighted by molar-refractivity contribution is 9.10. The second-order valence-corrected chi connectivity index (χ2v) is 4.13. The topological polar surface area (TPSA) is 3.24 Å². The Morgan fingerprint density at radius 1 is 1.36 bits per heavy atom. The minimum absolute atomic E-state index is 0.291. The third-order valence-electron chi connectivity index (χ3n) is 2.10. The van der Waals surface area contributed by atoms with E-state index in [4.69, 9.17) is 11.6 Å². The van der Waals surface area contributed by atoms with Gasteiger partial charge in [-0.05, 0) is 41.9 Å². The molecule has 0 amide bonds. The standard InChI is InChI=1S/C10H12BrClFN/c1-3-14(4-2)10-8(12)6-5-7(11)9(10)13/h5-6H,3-4H2,1-2H3. The highest BCUT2D eigenvalue weighted by Crippen LogP contribution is 2.33. The molecule has 4 heteroatoms. The lowest BCUT2D eigenvalue weighted by Gasteiger charge is -2.23. The van der Waals surface area contributed by atoms with Crippen molar-refractivity contribution in [3.63, 3.8) is 0 Å². The molecule has 0 spiro atoms. The molecule has 1 nitrogen and oxygen atoms in total. The Bertz CT molecular complexity index is 326. The van der Waals surface area contributed by atoms with Crippen LogP contribution < -0.4 is 4.90 Å². The molecule has 0 heterocycles. The van der Waals surface area contributed by atoms with Gasteiger partial charge in [-0.3, -0.25) is 0 Å². The van der Waals surface area contributed by atoms with Crippen LogP contribution >= 0.6 is 27.5 Å². The van der Waals surface area contributed by atoms with Crippen molar-refractivity contribution in [1.82, 2.24) is 0 Å². The maximum absolute atomic E-state index is 13.7. The fourth-order valence-electron chi connectivity index (χ4n) is 1.35. The molecule has 0 radical (unpaired) electrons. The third kappa shape index (κ3) is 2.20. The summed E-state index contributed by atoms with van der Waals surface area (Å²) < 4.78 is 14.2. The first-order chi connectivity index (χ1) is 6.61. The molecule has 14 heavy (non-hydrogen) atoms. The van der Waals surface area contributed by atoms with Gasteiger partial charge < -0.3 is 4.90 Å². The van der Waals surface area contributed by atoms with Crippen molar-refractivity contribution in [2.75, 3.05) is 18.0 Å². The lowest BCUT2D eigenvalue weighted by molar-refractivity contribution is 0.613. The molecule has 1 rings (SSSR count). The van der Waals surface area contributed by atoms with Gasteiger partial charge in [0.05, 0.1) is 15.2 Å². The molecule has 0 N–H and O–H groups in total. The number of hydrogen-bond acceptors (Lipinski definition) is 1. The summed E-state index contributed by atoms with van der Waals surface area (Å²) in [5.41, 5.74) is 0.478. The second-order valence-electron chi connectivity index (χ2n) is 2.86. The largest absolute Gasteiger partial charge is 0.368 e. The van der Waals surface area contributed by atoms with Gasteiger partial charge >= 0.3 is 0 Å². The highest BCUT2D eigenvalue weighted by atomic mass is 79.9. The van der Waals surface area contributed by atoms with E-state index in [0.29, 0.717) is 15.2 Å². The van der Waals surface area contributed by atoms with E-state index in [1.54, 1.807) is 12.1 Å². The highest BCUT2D eigenvalue weighted by Gasteiger charge is 2.15. The van der Waals surface area contributed by atoms with E-state index in [-0.39, 0.29) is 5.82 Å². The van der Waals surface area contributed by atoms with E-state index in [2.05, 4.69) is 15.9 Å². The molecule has 0 aromatic heterocycles. The Hall–Kier alpha value is -0.280. The van der Waals surface area contributed by atoms with Gasteiger partial charge in [0.2, 0.25) is 0 Å². The average Bonchev–Trinajstić information content (AvgIpc) is 2.19. The molecule has 0 aliphatic heterocycles. The van der Waals surface area contributed by atoms with Crippen LogP contribution in [-0.4, -0.2) is 13.1 Å². The Balaban J connectivity index is 3.23. The fraction of sp³-hybridized carbons (Fsp3) is 0.400. The van der Waals surface area contributed by atoms with Crippen molar-refractivity contribution in [1.29, 1.82) is 0 Å². The maximum Gasteiger partial charge on any atom is 0.162 e. The Morgan fingerprint density at radius 2 is 1.93 bits per heavy atom. The normalized spacial score (nSPS) is 10.4. The summed E-state index contributed by atoms with van der Waals surface area (Å²) in [5, 5.41) is 0.453. The number of nitrogens with zero attached hydrogens (tertiary/aromatic N) is 1. The second kappa shape index (κ2) is 4.99. The van der Waals surface area contributed by atoms with Crippen LogP contribution in [0.4, 0.5) is 10.1 Å². The van der Waals surface area contributed by atoms with Crippen molar-refractivity contribution in [3.8, 4) is 0 Å². The minimum Gasteiger partial charge on any atom is -0.368 e.